The van der Waals surface area contributed by atoms with Gasteiger partial charge in [-0.1, -0.05) is 19.1 Å². The molecular weight excluding hydrogens is 166 g/mol. The van der Waals surface area contributed by atoms with Crippen LogP contribution in [0.3, 0.4) is 0 Å². The van der Waals surface area contributed by atoms with E-state index in [2.05, 4.69) is 27.2 Å². The van der Waals surface area contributed by atoms with Gasteiger partial charge in [-0.05, 0) is 6.42 Å². The fraction of sp³-hybridized carbons (Fsp3) is 1.00. The minimum atomic E-state index is -0.352. The zero-order valence-electron chi connectivity index (χ0n) is 9.01. The molecule has 0 aromatic carbocycles. The van der Waals surface area contributed by atoms with Crippen LogP contribution < -0.4 is 0 Å². The van der Waals surface area contributed by atoms with E-state index < -0.39 is 0 Å². The largest absolute Gasteiger partial charge is 0.391 e. The molecule has 3 heteroatoms. The van der Waals surface area contributed by atoms with E-state index in [4.69, 9.17) is 5.11 Å². The number of hydrogen-bond donors (Lipinski definition) is 1. The van der Waals surface area contributed by atoms with Crippen molar-refractivity contribution >= 4 is 8.80 Å². The Balaban J connectivity index is 3.46. The van der Waals surface area contributed by atoms with Crippen LogP contribution >= 0.6 is 0 Å². The van der Waals surface area contributed by atoms with E-state index in [1.54, 1.807) is 0 Å². The standard InChI is InChI=1S/C9H24NOSi/c1-10(2,7-8-11)6-5-9-12(3)4/h11-12H,5-9H2,1-4H3/q+1. The molecule has 0 aromatic rings. The van der Waals surface area contributed by atoms with Crippen LogP contribution in [0, 0.1) is 0 Å². The van der Waals surface area contributed by atoms with Crippen molar-refractivity contribution in [1.29, 1.82) is 0 Å². The Kier molecular flexibility index (Phi) is 5.79. The lowest BCUT2D eigenvalue weighted by Gasteiger charge is -2.29. The van der Waals surface area contributed by atoms with Crippen LogP contribution in [-0.2, 0) is 0 Å². The first-order valence-electron chi connectivity index (χ1n) is 4.91. The van der Waals surface area contributed by atoms with Crippen molar-refractivity contribution in [1.82, 2.24) is 0 Å². The molecule has 0 rings (SSSR count). The Morgan fingerprint density at radius 2 is 1.75 bits per heavy atom. The number of rotatable bonds is 6. The van der Waals surface area contributed by atoms with E-state index in [1.165, 1.54) is 19.0 Å². The van der Waals surface area contributed by atoms with Crippen LogP contribution in [0.15, 0.2) is 0 Å². The average Bonchev–Trinajstić information content (AvgIpc) is 1.85. The first kappa shape index (κ1) is 12.1. The summed E-state index contributed by atoms with van der Waals surface area (Å²) in [5.41, 5.74) is 0. The van der Waals surface area contributed by atoms with Gasteiger partial charge in [0.2, 0.25) is 0 Å². The van der Waals surface area contributed by atoms with Gasteiger partial charge in [-0.25, -0.2) is 0 Å². The summed E-state index contributed by atoms with van der Waals surface area (Å²) in [6.45, 7) is 7.20. The molecule has 0 saturated heterocycles. The quantitative estimate of drug-likeness (QED) is 0.488. The molecule has 0 aliphatic carbocycles. The average molecular weight is 190 g/mol. The molecule has 0 unspecified atom stereocenters. The second-order valence-electron chi connectivity index (χ2n) is 4.64. The number of likely N-dealkylation sites (N-methyl/N-ethyl adjacent to an activating group) is 1. The summed E-state index contributed by atoms with van der Waals surface area (Å²) >= 11 is 0. The molecule has 0 aromatic heterocycles. The summed E-state index contributed by atoms with van der Waals surface area (Å²) in [6.07, 6.45) is 1.33. The Morgan fingerprint density at radius 3 is 2.17 bits per heavy atom. The summed E-state index contributed by atoms with van der Waals surface area (Å²) in [7, 11) is 4.03. The zero-order chi connectivity index (χ0) is 9.61. The molecule has 0 amide bonds. The number of hydrogen-bond acceptors (Lipinski definition) is 1. The van der Waals surface area contributed by atoms with Crippen LogP contribution in [0.25, 0.3) is 0 Å². The highest BCUT2D eigenvalue weighted by molar-refractivity contribution is 6.55. The van der Waals surface area contributed by atoms with Crippen molar-refractivity contribution in [3.8, 4) is 0 Å². The lowest BCUT2D eigenvalue weighted by Crippen LogP contribution is -2.42. The molecular formula is C9H24NOSi+. The lowest BCUT2D eigenvalue weighted by atomic mass is 10.4. The van der Waals surface area contributed by atoms with Gasteiger partial charge in [0.25, 0.3) is 0 Å². The topological polar surface area (TPSA) is 20.2 Å². The lowest BCUT2D eigenvalue weighted by molar-refractivity contribution is -0.890. The van der Waals surface area contributed by atoms with Crippen molar-refractivity contribution in [3.63, 3.8) is 0 Å². The van der Waals surface area contributed by atoms with Crippen molar-refractivity contribution in [3.05, 3.63) is 0 Å². The Morgan fingerprint density at radius 1 is 1.17 bits per heavy atom. The van der Waals surface area contributed by atoms with Crippen LogP contribution in [0.4, 0.5) is 0 Å². The first-order valence-corrected chi connectivity index (χ1v) is 8.03. The van der Waals surface area contributed by atoms with Gasteiger partial charge in [0.05, 0.1) is 27.2 Å². The number of quaternary nitrogens is 1. The highest BCUT2D eigenvalue weighted by Gasteiger charge is 2.13. The van der Waals surface area contributed by atoms with Gasteiger partial charge in [-0.2, -0.15) is 0 Å². The Bertz CT molecular complexity index is 115. The van der Waals surface area contributed by atoms with E-state index >= 15 is 0 Å². The molecule has 2 nitrogen and oxygen atoms in total. The van der Waals surface area contributed by atoms with Crippen LogP contribution in [0.1, 0.15) is 6.42 Å². The van der Waals surface area contributed by atoms with Crippen LogP contribution in [0.2, 0.25) is 19.1 Å². The molecule has 0 fully saturated rings. The molecule has 12 heavy (non-hydrogen) atoms. The fourth-order valence-corrected chi connectivity index (χ4v) is 2.31. The molecule has 0 bridgehead atoms. The SMILES string of the molecule is C[SiH](C)CCC[N+](C)(C)CCO. The van der Waals surface area contributed by atoms with Crippen LogP contribution in [0.5, 0.6) is 0 Å². The minimum Gasteiger partial charge on any atom is -0.391 e. The molecule has 0 heterocycles. The predicted octanol–water partition coefficient (Wildman–Crippen LogP) is 0.932. The minimum absolute atomic E-state index is 0.312. The van der Waals surface area contributed by atoms with Crippen molar-refractivity contribution in [2.75, 3.05) is 33.8 Å². The maximum Gasteiger partial charge on any atom is 0.102 e. The van der Waals surface area contributed by atoms with Gasteiger partial charge >= 0.3 is 0 Å². The Hall–Kier alpha value is 0.137. The molecule has 74 valence electrons. The Labute approximate surface area is 78.4 Å². The van der Waals surface area contributed by atoms with E-state index in [1.807, 2.05) is 0 Å². The highest BCUT2D eigenvalue weighted by atomic mass is 28.3. The molecule has 0 aliphatic heterocycles. The summed E-state index contributed by atoms with van der Waals surface area (Å²) in [5, 5.41) is 8.80. The maximum absolute atomic E-state index is 8.80. The van der Waals surface area contributed by atoms with E-state index in [-0.39, 0.29) is 8.80 Å². The van der Waals surface area contributed by atoms with E-state index in [0.717, 1.165) is 11.0 Å². The van der Waals surface area contributed by atoms with Gasteiger partial charge in [0, 0.05) is 8.80 Å². The van der Waals surface area contributed by atoms with Crippen LogP contribution in [-0.4, -0.2) is 52.2 Å². The van der Waals surface area contributed by atoms with Crippen molar-refractivity contribution in [2.24, 2.45) is 0 Å². The number of aliphatic hydroxyl groups excluding tert-OH is 1. The molecule has 0 radical (unpaired) electrons. The third-order valence-electron chi connectivity index (χ3n) is 2.25. The van der Waals surface area contributed by atoms with Crippen molar-refractivity contribution in [2.45, 2.75) is 25.6 Å². The second-order valence-corrected chi connectivity index (χ2v) is 8.01. The highest BCUT2D eigenvalue weighted by Crippen LogP contribution is 2.03. The van der Waals surface area contributed by atoms with E-state index in [0.29, 0.717) is 6.61 Å². The van der Waals surface area contributed by atoms with Gasteiger partial charge in [0.15, 0.2) is 0 Å². The van der Waals surface area contributed by atoms with Gasteiger partial charge in [-0.15, -0.1) is 0 Å². The van der Waals surface area contributed by atoms with Gasteiger partial charge in [0.1, 0.15) is 6.54 Å². The summed E-state index contributed by atoms with van der Waals surface area (Å²) in [5.74, 6) is 0. The third kappa shape index (κ3) is 6.82. The monoisotopic (exact) mass is 190 g/mol. The second kappa shape index (κ2) is 5.73. The number of aliphatic hydroxyl groups is 1. The molecule has 0 aliphatic rings. The molecule has 0 saturated carbocycles. The summed E-state index contributed by atoms with van der Waals surface area (Å²) in [6, 6.07) is 1.44. The van der Waals surface area contributed by atoms with Gasteiger partial charge in [-0.3, -0.25) is 0 Å². The summed E-state index contributed by atoms with van der Waals surface area (Å²) in [4.78, 5) is 0. The number of nitrogens with zero attached hydrogens (tertiary/aromatic N) is 1. The molecule has 1 N–H and O–H groups in total. The smallest absolute Gasteiger partial charge is 0.102 e. The summed E-state index contributed by atoms with van der Waals surface area (Å²) < 4.78 is 0.970. The first-order chi connectivity index (χ1) is 5.48. The normalized spacial score (nSPS) is 12.5. The zero-order valence-corrected chi connectivity index (χ0v) is 10.2. The third-order valence-corrected chi connectivity index (χ3v) is 3.81. The van der Waals surface area contributed by atoms with E-state index in [9.17, 15) is 0 Å². The van der Waals surface area contributed by atoms with Crippen molar-refractivity contribution < 1.29 is 9.59 Å². The predicted molar refractivity (Wildman–Crippen MR) is 57.2 cm³/mol. The molecule has 0 spiro atoms. The molecule has 0 atom stereocenters. The van der Waals surface area contributed by atoms with Gasteiger partial charge < -0.3 is 9.59 Å². The fourth-order valence-electron chi connectivity index (χ4n) is 1.31. The maximum atomic E-state index is 8.80.